The molecule has 0 aliphatic rings. The van der Waals surface area contributed by atoms with Crippen LogP contribution < -0.4 is 0 Å². The minimum atomic E-state index is -0.791. The van der Waals surface area contributed by atoms with E-state index in [2.05, 4.69) is 106 Å². The van der Waals surface area contributed by atoms with Gasteiger partial charge in [0.2, 0.25) is 0 Å². The number of hydrogen-bond acceptors (Lipinski definition) is 6. The average Bonchev–Trinajstić information content (AvgIpc) is 3.26. The number of rotatable bonds is 44. The lowest BCUT2D eigenvalue weighted by Gasteiger charge is -2.18. The molecule has 0 N–H and O–H groups in total. The van der Waals surface area contributed by atoms with E-state index in [1.807, 2.05) is 0 Å². The van der Waals surface area contributed by atoms with Crippen LogP contribution in [0.25, 0.3) is 0 Å². The van der Waals surface area contributed by atoms with Crippen molar-refractivity contribution in [1.29, 1.82) is 0 Å². The summed E-state index contributed by atoms with van der Waals surface area (Å²) in [5, 5.41) is 0. The summed E-state index contributed by atoms with van der Waals surface area (Å²) in [6, 6.07) is 0. The fourth-order valence-corrected chi connectivity index (χ4v) is 6.61. The average molecular weight is 849 g/mol. The van der Waals surface area contributed by atoms with Gasteiger partial charge in [0.25, 0.3) is 0 Å². The van der Waals surface area contributed by atoms with Crippen molar-refractivity contribution in [2.75, 3.05) is 13.2 Å². The lowest BCUT2D eigenvalue weighted by molar-refractivity contribution is -0.167. The maximum atomic E-state index is 12.8. The first kappa shape index (κ1) is 57.6. The van der Waals surface area contributed by atoms with Crippen molar-refractivity contribution < 1.29 is 28.6 Å². The van der Waals surface area contributed by atoms with Gasteiger partial charge in [0.15, 0.2) is 6.10 Å². The standard InChI is InChI=1S/C55H92O6/c1-4-7-10-13-16-18-20-22-24-26-27-29-30-32-34-36-39-42-45-48-54(57)60-51-52(50-59-53(56)47-44-41-38-15-12-9-6-3)61-55(58)49-46-43-40-37-35-33-31-28-25-23-21-19-17-14-11-8-5-2/h7,10,16-19,22-25,27,29,32,34,52H,4-6,8-9,11-15,20-21,26,28,30-31,33,35-51H2,1-3H3/b10-7-,18-16-,19-17-,24-22-,25-23-,29-27-,34-32-. The molecule has 0 amide bonds. The molecule has 0 saturated carbocycles. The van der Waals surface area contributed by atoms with Crippen LogP contribution in [-0.4, -0.2) is 37.2 Å². The first-order chi connectivity index (χ1) is 30.0. The molecule has 6 heteroatoms. The Balaban J connectivity index is 4.36. The van der Waals surface area contributed by atoms with Gasteiger partial charge in [-0.1, -0.05) is 196 Å². The summed E-state index contributed by atoms with van der Waals surface area (Å²) in [5.41, 5.74) is 0. The third kappa shape index (κ3) is 47.5. The molecule has 0 heterocycles. The van der Waals surface area contributed by atoms with Crippen molar-refractivity contribution in [3.05, 3.63) is 85.1 Å². The SMILES string of the molecule is CC/C=C\C/C=C\C/C=C\C/C=C\C/C=C\CCCCCC(=O)OCC(COC(=O)CCCCCCCCC)OC(=O)CCCCCCCCC/C=C\C/C=C\CCCCC. The van der Waals surface area contributed by atoms with Gasteiger partial charge in [-0.05, 0) is 96.3 Å². The van der Waals surface area contributed by atoms with Crippen LogP contribution in [0.1, 0.15) is 226 Å². The van der Waals surface area contributed by atoms with Gasteiger partial charge in [-0.15, -0.1) is 0 Å². The Hall–Kier alpha value is -3.41. The Labute approximate surface area is 375 Å². The topological polar surface area (TPSA) is 78.9 Å². The second kappa shape index (κ2) is 49.2. The quantitative estimate of drug-likeness (QED) is 0.0263. The predicted molar refractivity (Wildman–Crippen MR) is 261 cm³/mol. The van der Waals surface area contributed by atoms with E-state index in [9.17, 15) is 14.4 Å². The Bertz CT molecular complexity index is 1200. The van der Waals surface area contributed by atoms with Crippen LogP contribution in [0.15, 0.2) is 85.1 Å². The van der Waals surface area contributed by atoms with Gasteiger partial charge in [-0.3, -0.25) is 14.4 Å². The molecule has 0 aliphatic heterocycles. The van der Waals surface area contributed by atoms with Crippen molar-refractivity contribution in [3.8, 4) is 0 Å². The highest BCUT2D eigenvalue weighted by atomic mass is 16.6. The number of carbonyl (C=O) groups excluding carboxylic acids is 3. The van der Waals surface area contributed by atoms with Crippen LogP contribution in [0.4, 0.5) is 0 Å². The number of carbonyl (C=O) groups is 3. The smallest absolute Gasteiger partial charge is 0.306 e. The molecule has 0 saturated heterocycles. The molecule has 0 aromatic heterocycles. The summed E-state index contributed by atoms with van der Waals surface area (Å²) in [4.78, 5) is 37.8. The van der Waals surface area contributed by atoms with Gasteiger partial charge >= 0.3 is 17.9 Å². The summed E-state index contributed by atoms with van der Waals surface area (Å²) in [7, 11) is 0. The molecule has 1 atom stereocenters. The Morgan fingerprint density at radius 2 is 0.639 bits per heavy atom. The van der Waals surface area contributed by atoms with E-state index in [-0.39, 0.29) is 31.1 Å². The third-order valence-electron chi connectivity index (χ3n) is 10.4. The zero-order chi connectivity index (χ0) is 44.4. The Morgan fingerprint density at radius 1 is 0.344 bits per heavy atom. The van der Waals surface area contributed by atoms with E-state index in [4.69, 9.17) is 14.2 Å². The molecular formula is C55H92O6. The number of esters is 3. The predicted octanol–water partition coefficient (Wildman–Crippen LogP) is 16.4. The summed E-state index contributed by atoms with van der Waals surface area (Å²) in [5.74, 6) is -0.941. The van der Waals surface area contributed by atoms with Gasteiger partial charge in [-0.25, -0.2) is 0 Å². The molecule has 0 radical (unpaired) electrons. The van der Waals surface area contributed by atoms with Crippen molar-refractivity contribution >= 4 is 17.9 Å². The van der Waals surface area contributed by atoms with Crippen LogP contribution in [0.3, 0.4) is 0 Å². The van der Waals surface area contributed by atoms with Crippen molar-refractivity contribution in [2.24, 2.45) is 0 Å². The maximum absolute atomic E-state index is 12.8. The Kier molecular flexibility index (Phi) is 46.5. The van der Waals surface area contributed by atoms with Gasteiger partial charge in [0.1, 0.15) is 13.2 Å². The molecule has 0 bridgehead atoms. The number of allylic oxidation sites excluding steroid dienone is 14. The number of ether oxygens (including phenoxy) is 3. The molecule has 1 unspecified atom stereocenters. The van der Waals surface area contributed by atoms with Crippen molar-refractivity contribution in [2.45, 2.75) is 232 Å². The summed E-state index contributed by atoms with van der Waals surface area (Å²) >= 11 is 0. The highest BCUT2D eigenvalue weighted by Crippen LogP contribution is 2.13. The molecule has 0 spiro atoms. The second-order valence-corrected chi connectivity index (χ2v) is 16.3. The molecule has 0 aromatic carbocycles. The third-order valence-corrected chi connectivity index (χ3v) is 10.4. The van der Waals surface area contributed by atoms with E-state index < -0.39 is 6.10 Å². The van der Waals surface area contributed by atoms with Crippen LogP contribution in [0.2, 0.25) is 0 Å². The van der Waals surface area contributed by atoms with Crippen LogP contribution >= 0.6 is 0 Å². The fourth-order valence-electron chi connectivity index (χ4n) is 6.61. The first-order valence-corrected chi connectivity index (χ1v) is 25.1. The van der Waals surface area contributed by atoms with Crippen LogP contribution in [-0.2, 0) is 28.6 Å². The minimum Gasteiger partial charge on any atom is -0.462 e. The van der Waals surface area contributed by atoms with Gasteiger partial charge in [-0.2, -0.15) is 0 Å². The minimum absolute atomic E-state index is 0.0907. The molecule has 6 nitrogen and oxygen atoms in total. The van der Waals surface area contributed by atoms with Crippen molar-refractivity contribution in [1.82, 2.24) is 0 Å². The highest BCUT2D eigenvalue weighted by molar-refractivity contribution is 5.71. The van der Waals surface area contributed by atoms with Crippen LogP contribution in [0, 0.1) is 0 Å². The molecule has 0 aliphatic carbocycles. The highest BCUT2D eigenvalue weighted by Gasteiger charge is 2.19. The summed E-state index contributed by atoms with van der Waals surface area (Å²) in [6.45, 7) is 6.41. The molecule has 0 aromatic rings. The zero-order valence-electron chi connectivity index (χ0n) is 39.7. The molecule has 348 valence electrons. The van der Waals surface area contributed by atoms with E-state index >= 15 is 0 Å². The normalized spacial score (nSPS) is 12.8. The monoisotopic (exact) mass is 849 g/mol. The first-order valence-electron chi connectivity index (χ1n) is 25.1. The molecule has 0 rings (SSSR count). The maximum Gasteiger partial charge on any atom is 0.306 e. The van der Waals surface area contributed by atoms with Crippen molar-refractivity contribution in [3.63, 3.8) is 0 Å². The van der Waals surface area contributed by atoms with E-state index in [1.54, 1.807) is 0 Å². The van der Waals surface area contributed by atoms with Gasteiger partial charge in [0.05, 0.1) is 0 Å². The lowest BCUT2D eigenvalue weighted by Crippen LogP contribution is -2.30. The van der Waals surface area contributed by atoms with E-state index in [0.717, 1.165) is 109 Å². The zero-order valence-corrected chi connectivity index (χ0v) is 39.7. The van der Waals surface area contributed by atoms with E-state index in [0.29, 0.717) is 19.3 Å². The van der Waals surface area contributed by atoms with Gasteiger partial charge < -0.3 is 14.2 Å². The fraction of sp³-hybridized carbons (Fsp3) is 0.691. The summed E-state index contributed by atoms with van der Waals surface area (Å²) in [6.07, 6.45) is 62.9. The molecule has 61 heavy (non-hydrogen) atoms. The molecule has 0 fully saturated rings. The van der Waals surface area contributed by atoms with E-state index in [1.165, 1.54) is 77.0 Å². The largest absolute Gasteiger partial charge is 0.462 e. The van der Waals surface area contributed by atoms with Gasteiger partial charge in [0, 0.05) is 19.3 Å². The lowest BCUT2D eigenvalue weighted by atomic mass is 10.1. The number of hydrogen-bond donors (Lipinski definition) is 0. The van der Waals surface area contributed by atoms with Crippen LogP contribution in [0.5, 0.6) is 0 Å². The molecular weight excluding hydrogens is 757 g/mol. The summed E-state index contributed by atoms with van der Waals surface area (Å²) < 4.78 is 16.7. The Morgan fingerprint density at radius 3 is 1.05 bits per heavy atom. The second-order valence-electron chi connectivity index (χ2n) is 16.3. The number of unbranched alkanes of at least 4 members (excludes halogenated alkanes) is 19.